The van der Waals surface area contributed by atoms with Gasteiger partial charge in [-0.25, -0.2) is 22.9 Å². The SMILES string of the molecule is Cc1ccc(S(=O)(=O)NC(=O)Nc2ccc(C(F)(F)F)nc2C)cc1. The number of carbonyl (C=O) groups is 1. The number of hydrogen-bond donors (Lipinski definition) is 2. The van der Waals surface area contributed by atoms with Crippen molar-refractivity contribution in [2.24, 2.45) is 0 Å². The zero-order chi connectivity index (χ0) is 18.8. The van der Waals surface area contributed by atoms with E-state index in [4.69, 9.17) is 0 Å². The molecule has 0 radical (unpaired) electrons. The van der Waals surface area contributed by atoms with Crippen molar-refractivity contribution in [3.8, 4) is 0 Å². The van der Waals surface area contributed by atoms with Gasteiger partial charge in [-0.3, -0.25) is 0 Å². The van der Waals surface area contributed by atoms with Crippen molar-refractivity contribution < 1.29 is 26.4 Å². The molecule has 6 nitrogen and oxygen atoms in total. The molecule has 2 amide bonds. The zero-order valence-electron chi connectivity index (χ0n) is 13.2. The molecule has 1 heterocycles. The van der Waals surface area contributed by atoms with Gasteiger partial charge in [-0.2, -0.15) is 13.2 Å². The highest BCUT2D eigenvalue weighted by molar-refractivity contribution is 7.90. The number of halogens is 3. The molecule has 0 atom stereocenters. The van der Waals surface area contributed by atoms with Crippen LogP contribution in [0.1, 0.15) is 17.0 Å². The van der Waals surface area contributed by atoms with Crippen molar-refractivity contribution >= 4 is 21.7 Å². The van der Waals surface area contributed by atoms with Gasteiger partial charge in [0, 0.05) is 0 Å². The number of amides is 2. The second kappa shape index (κ2) is 6.71. The van der Waals surface area contributed by atoms with Gasteiger partial charge in [-0.15, -0.1) is 0 Å². The summed E-state index contributed by atoms with van der Waals surface area (Å²) in [7, 11) is -4.10. The largest absolute Gasteiger partial charge is 0.433 e. The van der Waals surface area contributed by atoms with Crippen molar-refractivity contribution in [2.45, 2.75) is 24.9 Å². The summed E-state index contributed by atoms with van der Waals surface area (Å²) in [5.74, 6) is 0. The molecular weight excluding hydrogens is 359 g/mol. The fourth-order valence-electron chi connectivity index (χ4n) is 1.90. The molecule has 0 aliphatic heterocycles. The lowest BCUT2D eigenvalue weighted by atomic mass is 10.2. The van der Waals surface area contributed by atoms with Gasteiger partial charge in [0.25, 0.3) is 10.0 Å². The van der Waals surface area contributed by atoms with Crippen LogP contribution in [0.3, 0.4) is 0 Å². The van der Waals surface area contributed by atoms with Crippen LogP contribution in [0.2, 0.25) is 0 Å². The quantitative estimate of drug-likeness (QED) is 0.865. The first-order valence-electron chi connectivity index (χ1n) is 6.94. The molecule has 10 heteroatoms. The predicted molar refractivity (Wildman–Crippen MR) is 84.5 cm³/mol. The highest BCUT2D eigenvalue weighted by Crippen LogP contribution is 2.29. The second-order valence-electron chi connectivity index (χ2n) is 5.20. The van der Waals surface area contributed by atoms with Gasteiger partial charge < -0.3 is 5.32 Å². The first-order valence-corrected chi connectivity index (χ1v) is 8.43. The van der Waals surface area contributed by atoms with Crippen LogP contribution < -0.4 is 10.0 Å². The third kappa shape index (κ3) is 4.69. The van der Waals surface area contributed by atoms with E-state index in [-0.39, 0.29) is 16.3 Å². The number of rotatable bonds is 3. The number of urea groups is 1. The molecule has 2 N–H and O–H groups in total. The van der Waals surface area contributed by atoms with Gasteiger partial charge in [0.05, 0.1) is 16.3 Å². The third-order valence-corrected chi connectivity index (χ3v) is 4.53. The molecule has 25 heavy (non-hydrogen) atoms. The van der Waals surface area contributed by atoms with Gasteiger partial charge in [-0.05, 0) is 38.1 Å². The van der Waals surface area contributed by atoms with E-state index in [2.05, 4.69) is 10.3 Å². The van der Waals surface area contributed by atoms with Crippen LogP contribution in [0.4, 0.5) is 23.7 Å². The van der Waals surface area contributed by atoms with E-state index in [1.54, 1.807) is 23.8 Å². The summed E-state index contributed by atoms with van der Waals surface area (Å²) >= 11 is 0. The number of hydrogen-bond acceptors (Lipinski definition) is 4. The number of sulfonamides is 1. The second-order valence-corrected chi connectivity index (χ2v) is 6.88. The fraction of sp³-hybridized carbons (Fsp3) is 0.200. The smallest absolute Gasteiger partial charge is 0.305 e. The van der Waals surface area contributed by atoms with Crippen LogP contribution >= 0.6 is 0 Å². The monoisotopic (exact) mass is 373 g/mol. The average Bonchev–Trinajstić information content (AvgIpc) is 2.48. The Hall–Kier alpha value is -2.62. The Morgan fingerprint density at radius 1 is 1.04 bits per heavy atom. The highest BCUT2D eigenvalue weighted by atomic mass is 32.2. The molecule has 2 rings (SSSR count). The standard InChI is InChI=1S/C15H14F3N3O3S/c1-9-3-5-11(6-4-9)25(23,24)21-14(22)20-12-7-8-13(15(16,17)18)19-10(12)2/h3-8H,1-2H3,(H2,20,21,22). The van der Waals surface area contributed by atoms with E-state index < -0.39 is 27.9 Å². The van der Waals surface area contributed by atoms with Crippen molar-refractivity contribution in [3.63, 3.8) is 0 Å². The summed E-state index contributed by atoms with van der Waals surface area (Å²) in [5.41, 5.74) is -0.402. The first-order chi connectivity index (χ1) is 11.5. The minimum atomic E-state index is -4.61. The van der Waals surface area contributed by atoms with Gasteiger partial charge in [0.15, 0.2) is 0 Å². The Morgan fingerprint density at radius 3 is 2.16 bits per heavy atom. The number of aromatic nitrogens is 1. The number of pyridine rings is 1. The fourth-order valence-corrected chi connectivity index (χ4v) is 2.80. The maximum atomic E-state index is 12.6. The normalized spacial score (nSPS) is 11.9. The Bertz CT molecular complexity index is 894. The van der Waals surface area contributed by atoms with E-state index in [0.29, 0.717) is 6.07 Å². The lowest BCUT2D eigenvalue weighted by Gasteiger charge is -2.12. The summed E-state index contributed by atoms with van der Waals surface area (Å²) in [4.78, 5) is 15.1. The molecule has 1 aromatic heterocycles. The number of benzene rings is 1. The number of nitrogens with one attached hydrogen (secondary N) is 2. The number of nitrogens with zero attached hydrogens (tertiary/aromatic N) is 1. The van der Waals surface area contributed by atoms with E-state index in [9.17, 15) is 26.4 Å². The van der Waals surface area contributed by atoms with Crippen LogP contribution in [0.15, 0.2) is 41.3 Å². The first kappa shape index (κ1) is 18.7. The van der Waals surface area contributed by atoms with Crippen LogP contribution in [0, 0.1) is 13.8 Å². The number of carbonyl (C=O) groups excluding carboxylic acids is 1. The Labute approximate surface area is 142 Å². The van der Waals surface area contributed by atoms with Gasteiger partial charge >= 0.3 is 12.2 Å². The summed E-state index contributed by atoms with van der Waals surface area (Å²) < 4.78 is 63.6. The molecule has 0 saturated carbocycles. The van der Waals surface area contributed by atoms with Crippen molar-refractivity contribution in [2.75, 3.05) is 5.32 Å². The Kier molecular flexibility index (Phi) is 5.02. The zero-order valence-corrected chi connectivity index (χ0v) is 14.0. The molecule has 0 unspecified atom stereocenters. The average molecular weight is 373 g/mol. The Balaban J connectivity index is 2.13. The van der Waals surface area contributed by atoms with Gasteiger partial charge in [-0.1, -0.05) is 17.7 Å². The lowest BCUT2D eigenvalue weighted by molar-refractivity contribution is -0.141. The summed E-state index contributed by atoms with van der Waals surface area (Å²) in [5, 5.41) is 2.17. The molecule has 134 valence electrons. The molecule has 0 fully saturated rings. The number of anilines is 1. The minimum absolute atomic E-state index is 0.0374. The molecule has 0 aliphatic rings. The summed E-state index contributed by atoms with van der Waals surface area (Å²) in [6.45, 7) is 3.04. The topological polar surface area (TPSA) is 88.2 Å². The molecule has 0 saturated heterocycles. The molecular formula is C15H14F3N3O3S. The van der Waals surface area contributed by atoms with Crippen LogP contribution in [-0.2, 0) is 16.2 Å². The third-order valence-electron chi connectivity index (χ3n) is 3.18. The minimum Gasteiger partial charge on any atom is -0.305 e. The van der Waals surface area contributed by atoms with Crippen molar-refractivity contribution in [1.82, 2.24) is 9.71 Å². The summed E-state index contributed by atoms with van der Waals surface area (Å²) in [6.07, 6.45) is -4.61. The molecule has 0 spiro atoms. The van der Waals surface area contributed by atoms with Crippen molar-refractivity contribution in [3.05, 3.63) is 53.3 Å². The maximum Gasteiger partial charge on any atom is 0.433 e. The molecule has 2 aromatic rings. The van der Waals surface area contributed by atoms with E-state index in [1.165, 1.54) is 19.1 Å². The van der Waals surface area contributed by atoms with E-state index in [1.807, 2.05) is 0 Å². The van der Waals surface area contributed by atoms with E-state index in [0.717, 1.165) is 11.6 Å². The summed E-state index contributed by atoms with van der Waals surface area (Å²) in [6, 6.07) is 6.38. The molecule has 1 aromatic carbocycles. The van der Waals surface area contributed by atoms with E-state index >= 15 is 0 Å². The van der Waals surface area contributed by atoms with Crippen LogP contribution in [0.25, 0.3) is 0 Å². The van der Waals surface area contributed by atoms with Gasteiger partial charge in [0.1, 0.15) is 5.69 Å². The lowest BCUT2D eigenvalue weighted by Crippen LogP contribution is -2.34. The molecule has 0 aliphatic carbocycles. The maximum absolute atomic E-state index is 12.6. The van der Waals surface area contributed by atoms with Crippen LogP contribution in [-0.4, -0.2) is 19.4 Å². The molecule has 0 bridgehead atoms. The van der Waals surface area contributed by atoms with Gasteiger partial charge in [0.2, 0.25) is 0 Å². The highest BCUT2D eigenvalue weighted by Gasteiger charge is 2.32. The Morgan fingerprint density at radius 2 is 1.64 bits per heavy atom. The number of aryl methyl sites for hydroxylation is 2. The van der Waals surface area contributed by atoms with Crippen molar-refractivity contribution in [1.29, 1.82) is 0 Å². The predicted octanol–water partition coefficient (Wildman–Crippen LogP) is 3.23. The van der Waals surface area contributed by atoms with Crippen LogP contribution in [0.5, 0.6) is 0 Å². The number of alkyl halides is 3.